The van der Waals surface area contributed by atoms with Gasteiger partial charge in [0.15, 0.2) is 5.78 Å². The van der Waals surface area contributed by atoms with Crippen LogP contribution in [0.2, 0.25) is 0 Å². The topological polar surface area (TPSA) is 93.9 Å². The molecule has 0 atom stereocenters. The maximum atomic E-state index is 13.8. The van der Waals surface area contributed by atoms with Gasteiger partial charge in [0.05, 0.1) is 22.8 Å². The Kier molecular flexibility index (Phi) is 6.49. The number of fused-ring (bicyclic) bond motifs is 1. The number of carbonyl (C=O) groups is 2. The standard InChI is InChI=1S/C27H25NO6S/c1-5-33-22-11-13-23(14-12-22)35(31,32)28(27(30)20-8-6-17(2)7-9-20)21-10-15-25-24(16-21)26(18(3)29)19(4)34-25/h6-16H,5H2,1-4H3. The minimum absolute atomic E-state index is 0.0725. The first-order valence-electron chi connectivity index (χ1n) is 11.1. The number of aryl methyl sites for hydroxylation is 2. The van der Waals surface area contributed by atoms with E-state index in [2.05, 4.69) is 0 Å². The van der Waals surface area contributed by atoms with Gasteiger partial charge >= 0.3 is 0 Å². The van der Waals surface area contributed by atoms with Crippen molar-refractivity contribution in [2.75, 3.05) is 10.9 Å². The fourth-order valence-electron chi connectivity index (χ4n) is 3.93. The molecule has 0 bridgehead atoms. The molecular formula is C27H25NO6S. The van der Waals surface area contributed by atoms with Gasteiger partial charge in [0.1, 0.15) is 17.1 Å². The normalized spacial score (nSPS) is 11.4. The molecule has 0 N–H and O–H groups in total. The number of anilines is 1. The number of ketones is 1. The maximum Gasteiger partial charge on any atom is 0.272 e. The summed E-state index contributed by atoms with van der Waals surface area (Å²) >= 11 is 0. The highest BCUT2D eigenvalue weighted by Crippen LogP contribution is 2.33. The molecule has 0 spiro atoms. The summed E-state index contributed by atoms with van der Waals surface area (Å²) in [6, 6.07) is 17.1. The van der Waals surface area contributed by atoms with E-state index in [1.54, 1.807) is 49.4 Å². The summed E-state index contributed by atoms with van der Waals surface area (Å²) in [6.45, 7) is 7.22. The van der Waals surface area contributed by atoms with E-state index >= 15 is 0 Å². The lowest BCUT2D eigenvalue weighted by Crippen LogP contribution is -2.37. The summed E-state index contributed by atoms with van der Waals surface area (Å²) < 4.78 is 39.5. The van der Waals surface area contributed by atoms with Crippen LogP contribution in [-0.2, 0) is 10.0 Å². The van der Waals surface area contributed by atoms with E-state index in [-0.39, 0.29) is 21.9 Å². The molecule has 0 aliphatic rings. The minimum atomic E-state index is -4.33. The SMILES string of the molecule is CCOc1ccc(S(=O)(=O)N(C(=O)c2ccc(C)cc2)c2ccc3oc(C)c(C(C)=O)c3c2)cc1. The highest BCUT2D eigenvalue weighted by Gasteiger charge is 2.33. The molecule has 0 saturated heterocycles. The van der Waals surface area contributed by atoms with Gasteiger partial charge in [-0.05, 0) is 82.3 Å². The van der Waals surface area contributed by atoms with Crippen molar-refractivity contribution >= 4 is 38.4 Å². The Labute approximate surface area is 204 Å². The Balaban J connectivity index is 1.91. The molecule has 0 aliphatic carbocycles. The summed E-state index contributed by atoms with van der Waals surface area (Å²) in [5.41, 5.74) is 2.02. The predicted molar refractivity (Wildman–Crippen MR) is 134 cm³/mol. The number of nitrogens with zero attached hydrogens (tertiary/aromatic N) is 1. The maximum absolute atomic E-state index is 13.8. The van der Waals surface area contributed by atoms with E-state index in [0.717, 1.165) is 9.87 Å². The lowest BCUT2D eigenvalue weighted by Gasteiger charge is -2.23. The van der Waals surface area contributed by atoms with Crippen molar-refractivity contribution in [3.63, 3.8) is 0 Å². The third-order valence-electron chi connectivity index (χ3n) is 5.59. The Morgan fingerprint density at radius 3 is 2.20 bits per heavy atom. The van der Waals surface area contributed by atoms with Crippen LogP contribution in [0.25, 0.3) is 11.0 Å². The van der Waals surface area contributed by atoms with E-state index in [1.807, 2.05) is 13.8 Å². The van der Waals surface area contributed by atoms with Gasteiger partial charge in [0.2, 0.25) is 0 Å². The number of furan rings is 1. The van der Waals surface area contributed by atoms with Gasteiger partial charge in [0, 0.05) is 10.9 Å². The molecule has 0 fully saturated rings. The van der Waals surface area contributed by atoms with Crippen LogP contribution in [0.4, 0.5) is 5.69 Å². The molecule has 1 heterocycles. The number of hydrogen-bond donors (Lipinski definition) is 0. The van der Waals surface area contributed by atoms with Gasteiger partial charge in [-0.3, -0.25) is 9.59 Å². The lowest BCUT2D eigenvalue weighted by molar-refractivity contribution is 0.1000. The van der Waals surface area contributed by atoms with Crippen LogP contribution in [0.3, 0.4) is 0 Å². The van der Waals surface area contributed by atoms with Crippen LogP contribution in [0.15, 0.2) is 76.0 Å². The Hall–Kier alpha value is -3.91. The fourth-order valence-corrected chi connectivity index (χ4v) is 5.34. The van der Waals surface area contributed by atoms with Gasteiger partial charge in [-0.2, -0.15) is 4.31 Å². The molecule has 1 amide bonds. The summed E-state index contributed by atoms with van der Waals surface area (Å²) in [5.74, 6) is 0.00620. The first-order valence-corrected chi connectivity index (χ1v) is 12.5. The second-order valence-electron chi connectivity index (χ2n) is 8.11. The van der Waals surface area contributed by atoms with Crippen LogP contribution in [0.5, 0.6) is 5.75 Å². The Morgan fingerprint density at radius 1 is 0.943 bits per heavy atom. The average Bonchev–Trinajstić information content (AvgIpc) is 3.15. The minimum Gasteiger partial charge on any atom is -0.494 e. The summed E-state index contributed by atoms with van der Waals surface area (Å²) in [6.07, 6.45) is 0. The zero-order valence-electron chi connectivity index (χ0n) is 19.9. The summed E-state index contributed by atoms with van der Waals surface area (Å²) in [5, 5.41) is 0.441. The summed E-state index contributed by atoms with van der Waals surface area (Å²) in [7, 11) is -4.33. The van der Waals surface area contributed by atoms with E-state index in [1.165, 1.54) is 31.2 Å². The number of sulfonamides is 1. The molecule has 0 aliphatic heterocycles. The number of rotatable bonds is 7. The van der Waals surface area contributed by atoms with Crippen LogP contribution >= 0.6 is 0 Å². The van der Waals surface area contributed by atoms with Gasteiger partial charge in [-0.15, -0.1) is 0 Å². The molecule has 7 nitrogen and oxygen atoms in total. The van der Waals surface area contributed by atoms with Crippen LogP contribution in [-0.4, -0.2) is 26.7 Å². The number of ether oxygens (including phenoxy) is 1. The van der Waals surface area contributed by atoms with Crippen molar-refractivity contribution in [1.82, 2.24) is 0 Å². The number of carbonyl (C=O) groups excluding carboxylic acids is 2. The monoisotopic (exact) mass is 491 g/mol. The van der Waals surface area contributed by atoms with Crippen molar-refractivity contribution in [2.24, 2.45) is 0 Å². The molecule has 3 aromatic carbocycles. The first kappa shape index (κ1) is 24.2. The second-order valence-corrected chi connectivity index (χ2v) is 9.90. The van der Waals surface area contributed by atoms with Crippen molar-refractivity contribution in [1.29, 1.82) is 0 Å². The largest absolute Gasteiger partial charge is 0.494 e. The summed E-state index contributed by atoms with van der Waals surface area (Å²) in [4.78, 5) is 25.8. The molecular weight excluding hydrogens is 466 g/mol. The van der Waals surface area contributed by atoms with Crippen molar-refractivity contribution in [3.8, 4) is 5.75 Å². The number of hydrogen-bond acceptors (Lipinski definition) is 6. The molecule has 0 radical (unpaired) electrons. The van der Waals surface area contributed by atoms with E-state index < -0.39 is 15.9 Å². The Morgan fingerprint density at radius 2 is 1.60 bits per heavy atom. The molecule has 0 saturated carbocycles. The first-order chi connectivity index (χ1) is 16.6. The number of benzene rings is 3. The molecule has 4 rings (SSSR count). The van der Waals surface area contributed by atoms with E-state index in [9.17, 15) is 18.0 Å². The highest BCUT2D eigenvalue weighted by atomic mass is 32.2. The van der Waals surface area contributed by atoms with Crippen molar-refractivity contribution < 1.29 is 27.2 Å². The number of amides is 1. The molecule has 1 aromatic heterocycles. The fraction of sp³-hybridized carbons (Fsp3) is 0.185. The zero-order valence-corrected chi connectivity index (χ0v) is 20.7. The highest BCUT2D eigenvalue weighted by molar-refractivity contribution is 7.93. The van der Waals surface area contributed by atoms with Gasteiger partial charge < -0.3 is 9.15 Å². The zero-order chi connectivity index (χ0) is 25.3. The van der Waals surface area contributed by atoms with Crippen molar-refractivity contribution in [2.45, 2.75) is 32.6 Å². The third-order valence-corrected chi connectivity index (χ3v) is 7.32. The second kappa shape index (κ2) is 9.38. The molecule has 4 aromatic rings. The Bertz CT molecular complexity index is 1520. The predicted octanol–water partition coefficient (Wildman–Crippen LogP) is 5.69. The molecule has 8 heteroatoms. The molecule has 35 heavy (non-hydrogen) atoms. The smallest absolute Gasteiger partial charge is 0.272 e. The third kappa shape index (κ3) is 4.57. The average molecular weight is 492 g/mol. The lowest BCUT2D eigenvalue weighted by atomic mass is 10.1. The van der Waals surface area contributed by atoms with Crippen LogP contribution in [0, 0.1) is 13.8 Å². The van der Waals surface area contributed by atoms with Gasteiger partial charge in [0.25, 0.3) is 15.9 Å². The molecule has 0 unspecified atom stereocenters. The number of Topliss-reactive ketones (excluding diaryl/α,β-unsaturated/α-hetero) is 1. The van der Waals surface area contributed by atoms with E-state index in [0.29, 0.717) is 34.6 Å². The van der Waals surface area contributed by atoms with Gasteiger partial charge in [-0.1, -0.05) is 17.7 Å². The van der Waals surface area contributed by atoms with Gasteiger partial charge in [-0.25, -0.2) is 8.42 Å². The van der Waals surface area contributed by atoms with E-state index in [4.69, 9.17) is 9.15 Å². The molecule has 180 valence electrons. The van der Waals surface area contributed by atoms with Crippen molar-refractivity contribution in [3.05, 3.63) is 89.2 Å². The van der Waals surface area contributed by atoms with Crippen LogP contribution in [0.1, 0.15) is 45.9 Å². The van der Waals surface area contributed by atoms with Crippen LogP contribution < -0.4 is 9.04 Å². The quantitative estimate of drug-likeness (QED) is 0.309.